The van der Waals surface area contributed by atoms with Crippen molar-refractivity contribution in [3.05, 3.63) is 68.4 Å². The molecule has 6 nitrogen and oxygen atoms in total. The van der Waals surface area contributed by atoms with Crippen LogP contribution in [0, 0.1) is 24.1 Å². The first-order valence-corrected chi connectivity index (χ1v) is 9.14. The minimum Gasteiger partial charge on any atom is -0.382 e. The van der Waals surface area contributed by atoms with Crippen LogP contribution >= 0.6 is 0 Å². The molecule has 1 aliphatic carbocycles. The molecule has 7 heteroatoms. The van der Waals surface area contributed by atoms with Crippen molar-refractivity contribution in [1.82, 2.24) is 15.6 Å². The fourth-order valence-electron chi connectivity index (χ4n) is 3.94. The third-order valence-electron chi connectivity index (χ3n) is 5.39. The second kappa shape index (κ2) is 6.97. The summed E-state index contributed by atoms with van der Waals surface area (Å²) in [5.74, 6) is -0.656. The van der Waals surface area contributed by atoms with Gasteiger partial charge in [-0.2, -0.15) is 5.26 Å². The zero-order chi connectivity index (χ0) is 19.8. The summed E-state index contributed by atoms with van der Waals surface area (Å²) in [5, 5.41) is 15.8. The zero-order valence-electron chi connectivity index (χ0n) is 15.4. The van der Waals surface area contributed by atoms with Crippen molar-refractivity contribution in [2.45, 2.75) is 32.2 Å². The molecule has 2 aromatic rings. The Kier molecular flexibility index (Phi) is 4.47. The molecule has 0 radical (unpaired) electrons. The summed E-state index contributed by atoms with van der Waals surface area (Å²) in [6.45, 7) is 2.18. The van der Waals surface area contributed by atoms with E-state index in [2.05, 4.69) is 21.7 Å². The molecule has 3 N–H and O–H groups in total. The number of hydrogen-bond acceptors (Lipinski definition) is 4. The lowest BCUT2D eigenvalue weighted by Crippen LogP contribution is -2.41. The van der Waals surface area contributed by atoms with Crippen LogP contribution in [0.25, 0.3) is 10.9 Å². The molecule has 0 unspecified atom stereocenters. The number of carbonyl (C=O) groups excluding carboxylic acids is 1. The van der Waals surface area contributed by atoms with E-state index in [1.165, 1.54) is 18.2 Å². The van der Waals surface area contributed by atoms with Crippen molar-refractivity contribution in [2.24, 2.45) is 0 Å². The minimum absolute atomic E-state index is 0.0774. The largest absolute Gasteiger partial charge is 0.382 e. The second-order valence-corrected chi connectivity index (χ2v) is 7.16. The van der Waals surface area contributed by atoms with Gasteiger partial charge >= 0.3 is 0 Å². The number of carbonyl (C=O) groups is 1. The van der Waals surface area contributed by atoms with Crippen molar-refractivity contribution in [3.8, 4) is 6.07 Å². The monoisotopic (exact) mass is 378 g/mol. The van der Waals surface area contributed by atoms with Gasteiger partial charge in [-0.25, -0.2) is 4.39 Å². The maximum Gasteiger partial charge on any atom is 0.252 e. The maximum absolute atomic E-state index is 13.6. The summed E-state index contributed by atoms with van der Waals surface area (Å²) in [4.78, 5) is 27.8. The molecule has 28 heavy (non-hydrogen) atoms. The average molecular weight is 378 g/mol. The van der Waals surface area contributed by atoms with Crippen LogP contribution in [0.2, 0.25) is 0 Å². The zero-order valence-corrected chi connectivity index (χ0v) is 15.4. The van der Waals surface area contributed by atoms with Crippen molar-refractivity contribution in [3.63, 3.8) is 0 Å². The number of dihydropyridines is 1. The Bertz CT molecular complexity index is 1150. The first kappa shape index (κ1) is 18.0. The highest BCUT2D eigenvalue weighted by Gasteiger charge is 2.28. The van der Waals surface area contributed by atoms with Crippen molar-refractivity contribution >= 4 is 16.8 Å². The molecule has 1 aromatic carbocycles. The number of halogens is 1. The smallest absolute Gasteiger partial charge is 0.252 e. The first-order chi connectivity index (χ1) is 13.5. The normalized spacial score (nSPS) is 18.3. The van der Waals surface area contributed by atoms with E-state index in [1.54, 1.807) is 6.92 Å². The van der Waals surface area contributed by atoms with Gasteiger partial charge in [-0.15, -0.1) is 0 Å². The van der Waals surface area contributed by atoms with E-state index >= 15 is 0 Å². The van der Waals surface area contributed by atoms with Crippen LogP contribution in [0.3, 0.4) is 0 Å². The second-order valence-electron chi connectivity index (χ2n) is 7.16. The average Bonchev–Trinajstić information content (AvgIpc) is 3.07. The van der Waals surface area contributed by atoms with E-state index in [0.717, 1.165) is 24.1 Å². The van der Waals surface area contributed by atoms with E-state index in [9.17, 15) is 14.0 Å². The van der Waals surface area contributed by atoms with Crippen LogP contribution < -0.4 is 16.2 Å². The Morgan fingerprint density at radius 1 is 1.43 bits per heavy atom. The van der Waals surface area contributed by atoms with Gasteiger partial charge in [-0.3, -0.25) is 9.59 Å². The van der Waals surface area contributed by atoms with Crippen molar-refractivity contribution in [2.75, 3.05) is 6.54 Å². The maximum atomic E-state index is 13.6. The quantitative estimate of drug-likeness (QED) is 0.762. The highest BCUT2D eigenvalue weighted by Crippen LogP contribution is 2.29. The Morgan fingerprint density at radius 2 is 2.25 bits per heavy atom. The predicted octanol–water partition coefficient (Wildman–Crippen LogP) is 2.10. The number of amides is 1. The molecule has 0 saturated carbocycles. The number of aryl methyl sites for hydroxylation is 1. The summed E-state index contributed by atoms with van der Waals surface area (Å²) in [6, 6.07) is 6.17. The molecule has 0 bridgehead atoms. The summed E-state index contributed by atoms with van der Waals surface area (Å²) < 4.78 is 13.6. The number of nitrogens with one attached hydrogen (secondary N) is 3. The van der Waals surface area contributed by atoms with Crippen molar-refractivity contribution < 1.29 is 9.18 Å². The van der Waals surface area contributed by atoms with Gasteiger partial charge in [0.1, 0.15) is 5.82 Å². The summed E-state index contributed by atoms with van der Waals surface area (Å²) in [7, 11) is 0. The number of H-pyrrole nitrogens is 1. The van der Waals surface area contributed by atoms with Gasteiger partial charge < -0.3 is 15.6 Å². The molecule has 1 atom stereocenters. The fraction of sp³-hybridized carbons (Fsp3) is 0.286. The van der Waals surface area contributed by atoms with Crippen LogP contribution in [-0.2, 0) is 11.2 Å². The number of allylic oxidation sites excluding steroid dienone is 2. The number of fused-ring (bicyclic) bond motifs is 1. The molecule has 1 amide bonds. The SMILES string of the molecule is Cc1c(CC(=O)N[C@H]2CCC3=C2NCC(C#N)=C3)c(=O)[nH]c2ccc(F)cc12. The molecular weight excluding hydrogens is 359 g/mol. The molecular formula is C21H19FN4O2. The van der Waals surface area contributed by atoms with Crippen LogP contribution in [-0.4, -0.2) is 23.5 Å². The molecule has 2 aliphatic rings. The summed E-state index contributed by atoms with van der Waals surface area (Å²) in [5.41, 5.74) is 3.82. The number of benzene rings is 1. The van der Waals surface area contributed by atoms with Crippen LogP contribution in [0.4, 0.5) is 4.39 Å². The van der Waals surface area contributed by atoms with Gasteiger partial charge in [0.05, 0.1) is 18.5 Å². The molecule has 0 saturated heterocycles. The number of rotatable bonds is 3. The van der Waals surface area contributed by atoms with Crippen LogP contribution in [0.15, 0.2) is 45.9 Å². The standard InChI is InChI=1S/C21H19FN4O2/c1-11-15-7-14(22)3-5-17(15)26-21(28)16(11)8-19(27)25-18-4-2-13-6-12(9-23)10-24-20(13)18/h3,5-7,18,24H,2,4,8,10H2,1H3,(H,25,27)(H,26,28)/t18-/m0/s1. The van der Waals surface area contributed by atoms with Gasteiger partial charge in [0, 0.05) is 34.3 Å². The van der Waals surface area contributed by atoms with E-state index in [-0.39, 0.29) is 23.9 Å². The topological polar surface area (TPSA) is 97.8 Å². The number of aromatic nitrogens is 1. The minimum atomic E-state index is -0.392. The highest BCUT2D eigenvalue weighted by atomic mass is 19.1. The van der Waals surface area contributed by atoms with Crippen LogP contribution in [0.1, 0.15) is 24.0 Å². The number of nitrogens with zero attached hydrogens (tertiary/aromatic N) is 1. The van der Waals surface area contributed by atoms with Crippen LogP contribution in [0.5, 0.6) is 0 Å². The summed E-state index contributed by atoms with van der Waals surface area (Å²) >= 11 is 0. The third-order valence-corrected chi connectivity index (χ3v) is 5.39. The number of aromatic amines is 1. The number of nitriles is 1. The van der Waals surface area contributed by atoms with Gasteiger partial charge in [-0.1, -0.05) is 0 Å². The molecule has 0 fully saturated rings. The van der Waals surface area contributed by atoms with E-state index < -0.39 is 5.82 Å². The van der Waals surface area contributed by atoms with Gasteiger partial charge in [0.15, 0.2) is 0 Å². The predicted molar refractivity (Wildman–Crippen MR) is 103 cm³/mol. The molecule has 1 aliphatic heterocycles. The lowest BCUT2D eigenvalue weighted by Gasteiger charge is -2.21. The first-order valence-electron chi connectivity index (χ1n) is 9.14. The Hall–Kier alpha value is -3.40. The molecule has 2 heterocycles. The molecule has 0 spiro atoms. The molecule has 4 rings (SSSR count). The number of hydrogen-bond donors (Lipinski definition) is 3. The van der Waals surface area contributed by atoms with Crippen molar-refractivity contribution in [1.29, 1.82) is 5.26 Å². The fourth-order valence-corrected chi connectivity index (χ4v) is 3.94. The Morgan fingerprint density at radius 3 is 3.04 bits per heavy atom. The lowest BCUT2D eigenvalue weighted by molar-refractivity contribution is -0.120. The summed E-state index contributed by atoms with van der Waals surface area (Å²) in [6.07, 6.45) is 3.33. The number of pyridine rings is 1. The Balaban J connectivity index is 1.55. The molecule has 1 aromatic heterocycles. The van der Waals surface area contributed by atoms with E-state index in [4.69, 9.17) is 5.26 Å². The van der Waals surface area contributed by atoms with Gasteiger partial charge in [0.2, 0.25) is 5.91 Å². The molecule has 142 valence electrons. The lowest BCUT2D eigenvalue weighted by atomic mass is 10.0. The van der Waals surface area contributed by atoms with E-state index in [0.29, 0.717) is 34.1 Å². The highest BCUT2D eigenvalue weighted by molar-refractivity contribution is 5.86. The van der Waals surface area contributed by atoms with Gasteiger partial charge in [0.25, 0.3) is 5.56 Å². The van der Waals surface area contributed by atoms with Gasteiger partial charge in [-0.05, 0) is 55.2 Å². The van der Waals surface area contributed by atoms with E-state index in [1.807, 2.05) is 6.08 Å². The third kappa shape index (κ3) is 3.18. The Labute approximate surface area is 160 Å².